The molecule has 0 aliphatic carbocycles. The lowest BCUT2D eigenvalue weighted by Crippen LogP contribution is -2.56. The zero-order chi connectivity index (χ0) is 14.6. The summed E-state index contributed by atoms with van der Waals surface area (Å²) in [5.74, 6) is 0.0190. The van der Waals surface area contributed by atoms with Gasteiger partial charge in [0.25, 0.3) is 0 Å². The minimum absolute atomic E-state index is 0. The van der Waals surface area contributed by atoms with Crippen molar-refractivity contribution < 1.29 is 14.3 Å². The van der Waals surface area contributed by atoms with Crippen LogP contribution >= 0.6 is 12.4 Å². The van der Waals surface area contributed by atoms with Crippen LogP contribution in [0.1, 0.15) is 20.8 Å². The number of nitrogens with zero attached hydrogens (tertiary/aromatic N) is 2. The van der Waals surface area contributed by atoms with Gasteiger partial charge < -0.3 is 20.3 Å². The van der Waals surface area contributed by atoms with Gasteiger partial charge in [-0.15, -0.1) is 12.4 Å². The predicted molar refractivity (Wildman–Crippen MR) is 79.7 cm³/mol. The van der Waals surface area contributed by atoms with Crippen LogP contribution in [0.4, 0.5) is 0 Å². The molecule has 7 heteroatoms. The molecular weight excluding hydrogens is 282 g/mol. The molecule has 1 aliphatic rings. The van der Waals surface area contributed by atoms with Gasteiger partial charge in [-0.25, -0.2) is 0 Å². The van der Waals surface area contributed by atoms with Crippen LogP contribution in [0.2, 0.25) is 0 Å². The van der Waals surface area contributed by atoms with Crippen molar-refractivity contribution in [3.63, 3.8) is 0 Å². The Hall–Kier alpha value is -0.850. The fourth-order valence-corrected chi connectivity index (χ4v) is 2.09. The van der Waals surface area contributed by atoms with Gasteiger partial charge in [0.15, 0.2) is 0 Å². The topological polar surface area (TPSA) is 75.9 Å². The van der Waals surface area contributed by atoms with E-state index in [4.69, 9.17) is 10.5 Å². The first kappa shape index (κ1) is 19.1. The molecule has 1 heterocycles. The summed E-state index contributed by atoms with van der Waals surface area (Å²) in [6.07, 6.45) is 0. The summed E-state index contributed by atoms with van der Waals surface area (Å²) in [4.78, 5) is 27.6. The lowest BCUT2D eigenvalue weighted by molar-refractivity contribution is -0.145. The second-order valence-electron chi connectivity index (χ2n) is 5.93. The first-order chi connectivity index (χ1) is 8.77. The fraction of sp³-hybridized carbons (Fsp3) is 0.846. The Morgan fingerprint density at radius 1 is 1.15 bits per heavy atom. The molecule has 1 fully saturated rings. The lowest BCUT2D eigenvalue weighted by Gasteiger charge is -2.38. The largest absolute Gasteiger partial charge is 0.383 e. The van der Waals surface area contributed by atoms with E-state index in [1.54, 1.807) is 4.90 Å². The number of carbonyl (C=O) groups excluding carboxylic acids is 2. The number of amides is 2. The average molecular weight is 308 g/mol. The molecule has 118 valence electrons. The number of piperazine rings is 1. The molecule has 1 unspecified atom stereocenters. The van der Waals surface area contributed by atoms with Gasteiger partial charge in [0.05, 0.1) is 6.61 Å². The van der Waals surface area contributed by atoms with E-state index in [0.29, 0.717) is 26.2 Å². The third-order valence-electron chi connectivity index (χ3n) is 3.18. The number of ether oxygens (including phenoxy) is 1. The average Bonchev–Trinajstić information content (AvgIpc) is 2.36. The van der Waals surface area contributed by atoms with E-state index in [-0.39, 0.29) is 36.2 Å². The van der Waals surface area contributed by atoms with Gasteiger partial charge >= 0.3 is 0 Å². The van der Waals surface area contributed by atoms with E-state index in [0.717, 1.165) is 0 Å². The minimum atomic E-state index is -0.616. The highest BCUT2D eigenvalue weighted by Crippen LogP contribution is 2.18. The van der Waals surface area contributed by atoms with Crippen molar-refractivity contribution in [2.45, 2.75) is 26.8 Å². The Bertz CT molecular complexity index is 336. The highest BCUT2D eigenvalue weighted by atomic mass is 35.5. The van der Waals surface area contributed by atoms with Crippen LogP contribution in [0.3, 0.4) is 0 Å². The highest BCUT2D eigenvalue weighted by Gasteiger charge is 2.31. The standard InChI is InChI=1S/C13H25N3O3.ClH/c1-13(2,3)12(18)16-7-5-15(6-8-16)11(17)10(14)9-19-4;/h10H,5-9,14H2,1-4H3;1H. The summed E-state index contributed by atoms with van der Waals surface area (Å²) < 4.78 is 4.88. The third kappa shape index (κ3) is 4.92. The number of rotatable bonds is 3. The van der Waals surface area contributed by atoms with E-state index in [1.165, 1.54) is 7.11 Å². The summed E-state index contributed by atoms with van der Waals surface area (Å²) in [7, 11) is 1.52. The Balaban J connectivity index is 0.00000361. The molecule has 0 bridgehead atoms. The molecule has 2 amide bonds. The van der Waals surface area contributed by atoms with E-state index < -0.39 is 6.04 Å². The van der Waals surface area contributed by atoms with Crippen molar-refractivity contribution >= 4 is 24.2 Å². The second kappa shape index (κ2) is 7.81. The van der Waals surface area contributed by atoms with Crippen LogP contribution in [0.5, 0.6) is 0 Å². The van der Waals surface area contributed by atoms with E-state index in [1.807, 2.05) is 25.7 Å². The Morgan fingerprint density at radius 2 is 1.60 bits per heavy atom. The zero-order valence-corrected chi connectivity index (χ0v) is 13.5. The molecule has 0 radical (unpaired) electrons. The summed E-state index contributed by atoms with van der Waals surface area (Å²) in [6, 6.07) is -0.616. The number of hydrogen-bond donors (Lipinski definition) is 1. The van der Waals surface area contributed by atoms with Crippen LogP contribution in [0, 0.1) is 5.41 Å². The molecule has 1 rings (SSSR count). The van der Waals surface area contributed by atoms with Gasteiger partial charge in [-0.1, -0.05) is 20.8 Å². The number of nitrogens with two attached hydrogens (primary N) is 1. The van der Waals surface area contributed by atoms with Crippen LogP contribution in [0.15, 0.2) is 0 Å². The molecule has 0 aromatic heterocycles. The first-order valence-electron chi connectivity index (χ1n) is 6.60. The molecule has 0 saturated carbocycles. The SMILES string of the molecule is COCC(N)C(=O)N1CCN(C(=O)C(C)(C)C)CC1.Cl. The van der Waals surface area contributed by atoms with Crippen molar-refractivity contribution in [2.24, 2.45) is 11.1 Å². The van der Waals surface area contributed by atoms with E-state index in [9.17, 15) is 9.59 Å². The zero-order valence-electron chi connectivity index (χ0n) is 12.7. The number of hydrogen-bond acceptors (Lipinski definition) is 4. The maximum absolute atomic E-state index is 12.1. The summed E-state index contributed by atoms with van der Waals surface area (Å²) in [5, 5.41) is 0. The van der Waals surface area contributed by atoms with E-state index >= 15 is 0 Å². The van der Waals surface area contributed by atoms with Gasteiger partial charge in [0.2, 0.25) is 11.8 Å². The molecule has 0 aromatic rings. The van der Waals surface area contributed by atoms with Gasteiger partial charge in [0, 0.05) is 38.7 Å². The minimum Gasteiger partial charge on any atom is -0.383 e. The lowest BCUT2D eigenvalue weighted by atomic mass is 9.94. The smallest absolute Gasteiger partial charge is 0.241 e. The molecule has 1 atom stereocenters. The quantitative estimate of drug-likeness (QED) is 0.802. The van der Waals surface area contributed by atoms with Crippen molar-refractivity contribution in [2.75, 3.05) is 39.9 Å². The summed E-state index contributed by atoms with van der Waals surface area (Å²) in [6.45, 7) is 8.16. The highest BCUT2D eigenvalue weighted by molar-refractivity contribution is 5.85. The monoisotopic (exact) mass is 307 g/mol. The van der Waals surface area contributed by atoms with E-state index in [2.05, 4.69) is 0 Å². The maximum atomic E-state index is 12.1. The summed E-state index contributed by atoms with van der Waals surface area (Å²) >= 11 is 0. The maximum Gasteiger partial charge on any atom is 0.241 e. The van der Waals surface area contributed by atoms with Crippen molar-refractivity contribution in [3.05, 3.63) is 0 Å². The second-order valence-corrected chi connectivity index (χ2v) is 5.93. The molecular formula is C13H26ClN3O3. The molecule has 1 aliphatic heterocycles. The number of halogens is 1. The van der Waals surface area contributed by atoms with Gasteiger partial charge in [-0.05, 0) is 0 Å². The summed E-state index contributed by atoms with van der Waals surface area (Å²) in [5.41, 5.74) is 5.35. The Kier molecular flexibility index (Phi) is 7.47. The first-order valence-corrected chi connectivity index (χ1v) is 6.60. The van der Waals surface area contributed by atoms with Crippen LogP contribution in [-0.4, -0.2) is 67.6 Å². The molecule has 0 aromatic carbocycles. The van der Waals surface area contributed by atoms with Crippen LogP contribution < -0.4 is 5.73 Å². The van der Waals surface area contributed by atoms with Crippen molar-refractivity contribution in [1.29, 1.82) is 0 Å². The van der Waals surface area contributed by atoms with Gasteiger partial charge in [-0.2, -0.15) is 0 Å². The molecule has 0 spiro atoms. The van der Waals surface area contributed by atoms with Gasteiger partial charge in [0.1, 0.15) is 6.04 Å². The third-order valence-corrected chi connectivity index (χ3v) is 3.18. The molecule has 2 N–H and O–H groups in total. The van der Waals surface area contributed by atoms with Crippen molar-refractivity contribution in [1.82, 2.24) is 9.80 Å². The molecule has 6 nitrogen and oxygen atoms in total. The number of carbonyl (C=O) groups is 2. The van der Waals surface area contributed by atoms with Crippen molar-refractivity contribution in [3.8, 4) is 0 Å². The Morgan fingerprint density at radius 3 is 2.00 bits per heavy atom. The van der Waals surface area contributed by atoms with Gasteiger partial charge in [-0.3, -0.25) is 9.59 Å². The predicted octanol–water partition coefficient (Wildman–Crippen LogP) is 0.0988. The van der Waals surface area contributed by atoms with Crippen LogP contribution in [-0.2, 0) is 14.3 Å². The normalized spacial score (nSPS) is 17.4. The Labute approximate surface area is 127 Å². The molecule has 20 heavy (non-hydrogen) atoms. The fourth-order valence-electron chi connectivity index (χ4n) is 2.09. The molecule has 1 saturated heterocycles. The van der Waals surface area contributed by atoms with Crippen LogP contribution in [0.25, 0.3) is 0 Å². The number of methoxy groups -OCH3 is 1.